The lowest BCUT2D eigenvalue weighted by atomic mass is 10.3. The van der Waals surface area contributed by atoms with E-state index in [1.807, 2.05) is 5.01 Å². The third kappa shape index (κ3) is 4.91. The van der Waals surface area contributed by atoms with Crippen molar-refractivity contribution < 1.29 is 18.7 Å². The maximum atomic E-state index is 13.5. The Bertz CT molecular complexity index is 1180. The summed E-state index contributed by atoms with van der Waals surface area (Å²) in [6.45, 7) is 1.81. The molecule has 33 heavy (non-hydrogen) atoms. The number of methoxy groups -OCH3 is 1. The van der Waals surface area contributed by atoms with Gasteiger partial charge < -0.3 is 19.7 Å². The van der Waals surface area contributed by atoms with Crippen LogP contribution < -0.4 is 10.3 Å². The molecule has 1 amide bonds. The Labute approximate surface area is 193 Å². The smallest absolute Gasteiger partial charge is 0.409 e. The van der Waals surface area contributed by atoms with E-state index in [9.17, 15) is 14.0 Å². The highest BCUT2D eigenvalue weighted by Gasteiger charge is 2.27. The van der Waals surface area contributed by atoms with Gasteiger partial charge in [0.15, 0.2) is 5.82 Å². The summed E-state index contributed by atoms with van der Waals surface area (Å²) in [5, 5.41) is 6.57. The number of ether oxygens (including phenoxy) is 1. The first-order valence-corrected chi connectivity index (χ1v) is 10.4. The molecule has 3 heterocycles. The minimum Gasteiger partial charge on any atom is -0.453 e. The van der Waals surface area contributed by atoms with Crippen LogP contribution in [0.25, 0.3) is 11.0 Å². The number of nitrogens with zero attached hydrogens (tertiary/aromatic N) is 7. The Morgan fingerprint density at radius 1 is 1.27 bits per heavy atom. The summed E-state index contributed by atoms with van der Waals surface area (Å²) in [6.07, 6.45) is 3.24. The molecule has 0 spiro atoms. The fraction of sp³-hybridized carbons (Fsp3) is 0.300. The van der Waals surface area contributed by atoms with Gasteiger partial charge in [-0.25, -0.2) is 34.1 Å². The van der Waals surface area contributed by atoms with Gasteiger partial charge in [0, 0.05) is 31.9 Å². The summed E-state index contributed by atoms with van der Waals surface area (Å²) in [6, 6.07) is 4.21. The van der Waals surface area contributed by atoms with Gasteiger partial charge in [-0.3, -0.25) is 5.01 Å². The van der Waals surface area contributed by atoms with E-state index in [0.717, 1.165) is 6.29 Å². The molecule has 0 radical (unpaired) electrons. The second kappa shape index (κ2) is 9.88. The highest BCUT2D eigenvalue weighted by atomic mass is 35.5. The minimum atomic E-state index is -0.531. The summed E-state index contributed by atoms with van der Waals surface area (Å²) in [5.74, 6) is 0.111. The molecule has 3 aromatic rings. The van der Waals surface area contributed by atoms with Crippen LogP contribution in [-0.2, 0) is 9.53 Å². The fourth-order valence-electron chi connectivity index (χ4n) is 3.41. The van der Waals surface area contributed by atoms with Gasteiger partial charge in [-0.1, -0.05) is 11.6 Å². The maximum Gasteiger partial charge on any atom is 0.409 e. The molecule has 0 unspecified atom stereocenters. The number of piperazine rings is 1. The Hall–Kier alpha value is -3.64. The van der Waals surface area contributed by atoms with Crippen LogP contribution in [0.1, 0.15) is 0 Å². The van der Waals surface area contributed by atoms with Gasteiger partial charge in [0.2, 0.25) is 5.95 Å². The molecule has 11 nitrogen and oxygen atoms in total. The van der Waals surface area contributed by atoms with Gasteiger partial charge in [-0.2, -0.15) is 0 Å². The number of halogens is 2. The number of amides is 1. The normalized spacial score (nSPS) is 14.2. The number of aldehydes is 1. The molecule has 1 aliphatic rings. The lowest BCUT2D eigenvalue weighted by Crippen LogP contribution is -2.56. The first kappa shape index (κ1) is 22.6. The van der Waals surface area contributed by atoms with Crippen LogP contribution in [0.15, 0.2) is 30.7 Å². The average molecular weight is 475 g/mol. The number of anilines is 3. The van der Waals surface area contributed by atoms with E-state index in [0.29, 0.717) is 48.7 Å². The minimum absolute atomic E-state index is 0.0216. The summed E-state index contributed by atoms with van der Waals surface area (Å²) >= 11 is 5.87. The van der Waals surface area contributed by atoms with Gasteiger partial charge in [0.1, 0.15) is 29.5 Å². The van der Waals surface area contributed by atoms with E-state index >= 15 is 0 Å². The Morgan fingerprint density at radius 2 is 2.06 bits per heavy atom. The largest absolute Gasteiger partial charge is 0.453 e. The zero-order valence-corrected chi connectivity index (χ0v) is 18.4. The van der Waals surface area contributed by atoms with Gasteiger partial charge in [0.25, 0.3) is 0 Å². The number of hydrogen-bond donors (Lipinski definition) is 1. The van der Waals surface area contributed by atoms with Crippen molar-refractivity contribution >= 4 is 52.5 Å². The van der Waals surface area contributed by atoms with Crippen molar-refractivity contribution in [1.29, 1.82) is 0 Å². The van der Waals surface area contributed by atoms with Gasteiger partial charge in [-0.15, -0.1) is 0 Å². The fourth-order valence-corrected chi connectivity index (χ4v) is 3.60. The molecule has 0 aliphatic carbocycles. The molecule has 4 rings (SSSR count). The van der Waals surface area contributed by atoms with Crippen molar-refractivity contribution in [3.8, 4) is 0 Å². The standard InChI is InChI=1S/C20H20ClFN8O3/c1-33-20(32)28-4-6-29(7-5-28)30(8-9-31)19-23-11-16-17(27-19)18(25-12-24-16)26-13-2-3-15(22)14(21)10-13/h2-3,9-12H,4-8H2,1H3,(H,24,25,26). The highest BCUT2D eigenvalue weighted by molar-refractivity contribution is 6.31. The number of hydrazine groups is 1. The molecule has 1 N–H and O–H groups in total. The van der Waals surface area contributed by atoms with Crippen molar-refractivity contribution in [3.05, 3.63) is 41.6 Å². The van der Waals surface area contributed by atoms with Crippen molar-refractivity contribution in [2.45, 2.75) is 0 Å². The first-order valence-electron chi connectivity index (χ1n) is 9.99. The molecule has 0 bridgehead atoms. The quantitative estimate of drug-likeness (QED) is 0.533. The first-order chi connectivity index (χ1) is 16.0. The Kier molecular flexibility index (Phi) is 6.75. The Balaban J connectivity index is 1.62. The third-order valence-electron chi connectivity index (χ3n) is 5.06. The second-order valence-electron chi connectivity index (χ2n) is 7.04. The van der Waals surface area contributed by atoms with Crippen molar-refractivity contribution in [1.82, 2.24) is 29.8 Å². The predicted molar refractivity (Wildman–Crippen MR) is 119 cm³/mol. The van der Waals surface area contributed by atoms with Crippen LogP contribution in [0.3, 0.4) is 0 Å². The summed E-state index contributed by atoms with van der Waals surface area (Å²) in [7, 11) is 1.34. The molecule has 0 atom stereocenters. The molecular weight excluding hydrogens is 455 g/mol. The lowest BCUT2D eigenvalue weighted by Gasteiger charge is -2.39. The predicted octanol–water partition coefficient (Wildman–Crippen LogP) is 2.26. The summed E-state index contributed by atoms with van der Waals surface area (Å²) in [5.41, 5.74) is 1.41. The van der Waals surface area contributed by atoms with Crippen LogP contribution in [0, 0.1) is 5.82 Å². The van der Waals surface area contributed by atoms with Gasteiger partial charge in [0.05, 0.1) is 24.9 Å². The van der Waals surface area contributed by atoms with Crippen LogP contribution in [0.2, 0.25) is 5.02 Å². The van der Waals surface area contributed by atoms with E-state index in [1.165, 1.54) is 37.8 Å². The average Bonchev–Trinajstić information content (AvgIpc) is 2.84. The van der Waals surface area contributed by atoms with E-state index in [2.05, 4.69) is 25.3 Å². The highest BCUT2D eigenvalue weighted by Crippen LogP contribution is 2.26. The van der Waals surface area contributed by atoms with Crippen LogP contribution >= 0.6 is 11.6 Å². The number of rotatable bonds is 6. The number of benzene rings is 1. The molecule has 0 saturated carbocycles. The number of carbonyl (C=O) groups is 2. The molecule has 2 aromatic heterocycles. The third-order valence-corrected chi connectivity index (χ3v) is 5.35. The van der Waals surface area contributed by atoms with E-state index in [1.54, 1.807) is 9.91 Å². The molecule has 1 saturated heterocycles. The lowest BCUT2D eigenvalue weighted by molar-refractivity contribution is -0.107. The number of hydrogen-bond acceptors (Lipinski definition) is 10. The molecule has 1 aromatic carbocycles. The second-order valence-corrected chi connectivity index (χ2v) is 7.45. The SMILES string of the molecule is COC(=O)N1CCN(N(CC=O)c2ncc3ncnc(Nc4ccc(F)c(Cl)c4)c3n2)CC1. The van der Waals surface area contributed by atoms with E-state index in [-0.39, 0.29) is 17.5 Å². The van der Waals surface area contributed by atoms with Crippen LogP contribution in [-0.4, -0.2) is 82.1 Å². The number of carbonyl (C=O) groups excluding carboxylic acids is 2. The number of nitrogens with one attached hydrogen (secondary N) is 1. The maximum absolute atomic E-state index is 13.5. The van der Waals surface area contributed by atoms with Crippen molar-refractivity contribution in [3.63, 3.8) is 0 Å². The number of fused-ring (bicyclic) bond motifs is 1. The van der Waals surface area contributed by atoms with Crippen LogP contribution in [0.5, 0.6) is 0 Å². The monoisotopic (exact) mass is 474 g/mol. The molecule has 13 heteroatoms. The van der Waals surface area contributed by atoms with Crippen molar-refractivity contribution in [2.75, 3.05) is 50.2 Å². The van der Waals surface area contributed by atoms with Crippen molar-refractivity contribution in [2.24, 2.45) is 0 Å². The topological polar surface area (TPSA) is 117 Å². The zero-order chi connectivity index (χ0) is 23.4. The molecule has 1 aliphatic heterocycles. The van der Waals surface area contributed by atoms with Gasteiger partial charge >= 0.3 is 6.09 Å². The zero-order valence-electron chi connectivity index (χ0n) is 17.6. The van der Waals surface area contributed by atoms with Crippen LogP contribution in [0.4, 0.5) is 26.6 Å². The molecule has 1 fully saturated rings. The summed E-state index contributed by atoms with van der Waals surface area (Å²) in [4.78, 5) is 42.1. The number of aromatic nitrogens is 4. The van der Waals surface area contributed by atoms with E-state index in [4.69, 9.17) is 16.3 Å². The van der Waals surface area contributed by atoms with Gasteiger partial charge in [-0.05, 0) is 18.2 Å². The molecular formula is C20H20ClFN8O3. The molecule has 172 valence electrons. The summed E-state index contributed by atoms with van der Waals surface area (Å²) < 4.78 is 18.3. The Morgan fingerprint density at radius 3 is 2.76 bits per heavy atom. The van der Waals surface area contributed by atoms with E-state index < -0.39 is 11.9 Å².